The zero-order valence-corrected chi connectivity index (χ0v) is 10.7. The van der Waals surface area contributed by atoms with E-state index in [2.05, 4.69) is 23.4 Å². The smallest absolute Gasteiger partial charge is 0.330 e. The first-order valence-electron chi connectivity index (χ1n) is 6.01. The number of aryl methyl sites for hydroxylation is 2. The predicted octanol–water partition coefficient (Wildman–Crippen LogP) is 1.53. The fourth-order valence-electron chi connectivity index (χ4n) is 2.61. The Balaban J connectivity index is 2.48. The van der Waals surface area contributed by atoms with Gasteiger partial charge in [-0.25, -0.2) is 4.79 Å². The summed E-state index contributed by atoms with van der Waals surface area (Å²) in [4.78, 5) is 12.2. The van der Waals surface area contributed by atoms with Crippen LogP contribution in [-0.2, 0) is 21.5 Å². The van der Waals surface area contributed by atoms with Crippen molar-refractivity contribution in [1.29, 1.82) is 0 Å². The van der Waals surface area contributed by atoms with Gasteiger partial charge in [-0.2, -0.15) is 0 Å². The predicted molar refractivity (Wildman–Crippen MR) is 70.0 cm³/mol. The molecule has 3 nitrogen and oxygen atoms in total. The van der Waals surface area contributed by atoms with Gasteiger partial charge in [0.2, 0.25) is 0 Å². The fraction of sp³-hybridized carbons (Fsp3) is 0.400. The van der Waals surface area contributed by atoms with Crippen molar-refractivity contribution in [1.82, 2.24) is 5.32 Å². The van der Waals surface area contributed by atoms with Gasteiger partial charge in [0.05, 0.1) is 13.7 Å². The maximum atomic E-state index is 12.2. The van der Waals surface area contributed by atoms with Crippen LogP contribution in [0.5, 0.6) is 0 Å². The average molecular weight is 243 g/mol. The van der Waals surface area contributed by atoms with Gasteiger partial charge in [0.25, 0.3) is 0 Å². The molecule has 0 aromatic heterocycles. The number of hydrogen-bond acceptors (Lipinski definition) is 3. The van der Waals surface area contributed by atoms with Crippen molar-refractivity contribution >= 4 is 5.97 Å². The summed E-state index contributed by atoms with van der Waals surface area (Å²) >= 11 is 0. The Kier molecular flexibility index (Phi) is 3.40. The van der Waals surface area contributed by atoms with Crippen molar-refractivity contribution in [2.45, 2.75) is 25.3 Å². The maximum Gasteiger partial charge on any atom is 0.330 e. The van der Waals surface area contributed by atoms with Crippen LogP contribution in [-0.4, -0.2) is 19.6 Å². The molecule has 0 spiro atoms. The van der Waals surface area contributed by atoms with E-state index in [0.29, 0.717) is 13.0 Å². The van der Waals surface area contributed by atoms with E-state index in [1.54, 1.807) is 0 Å². The molecule has 0 aliphatic heterocycles. The standard InChI is InChI=1S/C15H17NO2/c1-4-9-16-15(14(17)18-3)8-7-12-6-5-11(2)10-13(12)15/h1,5-6,10,16H,7-9H2,2-3H3. The van der Waals surface area contributed by atoms with E-state index < -0.39 is 5.54 Å². The Labute approximate surface area is 108 Å². The Hall–Kier alpha value is -1.79. The summed E-state index contributed by atoms with van der Waals surface area (Å²) in [6, 6.07) is 6.18. The molecule has 0 amide bonds. The molecule has 0 saturated heterocycles. The highest BCUT2D eigenvalue weighted by Gasteiger charge is 2.45. The second kappa shape index (κ2) is 4.83. The molecule has 0 heterocycles. The van der Waals surface area contributed by atoms with Crippen LogP contribution in [0.4, 0.5) is 0 Å². The monoisotopic (exact) mass is 243 g/mol. The van der Waals surface area contributed by atoms with E-state index in [-0.39, 0.29) is 5.97 Å². The molecule has 1 unspecified atom stereocenters. The van der Waals surface area contributed by atoms with E-state index in [0.717, 1.165) is 17.5 Å². The van der Waals surface area contributed by atoms with Crippen molar-refractivity contribution in [3.63, 3.8) is 0 Å². The summed E-state index contributed by atoms with van der Waals surface area (Å²) < 4.78 is 4.96. The molecular formula is C15H17NO2. The molecule has 0 saturated carbocycles. The van der Waals surface area contributed by atoms with Crippen molar-refractivity contribution in [2.24, 2.45) is 0 Å². The summed E-state index contributed by atoms with van der Waals surface area (Å²) in [5.41, 5.74) is 2.55. The molecular weight excluding hydrogens is 226 g/mol. The topological polar surface area (TPSA) is 38.3 Å². The number of nitrogens with one attached hydrogen (secondary N) is 1. The lowest BCUT2D eigenvalue weighted by molar-refractivity contribution is -0.149. The third-order valence-corrected chi connectivity index (χ3v) is 3.52. The first kappa shape index (κ1) is 12.7. The second-order valence-electron chi connectivity index (χ2n) is 4.62. The molecule has 94 valence electrons. The second-order valence-corrected chi connectivity index (χ2v) is 4.62. The molecule has 3 heteroatoms. The maximum absolute atomic E-state index is 12.2. The van der Waals surface area contributed by atoms with Gasteiger partial charge in [0.1, 0.15) is 5.54 Å². The van der Waals surface area contributed by atoms with Crippen molar-refractivity contribution in [2.75, 3.05) is 13.7 Å². The van der Waals surface area contributed by atoms with E-state index in [1.807, 2.05) is 13.0 Å². The minimum Gasteiger partial charge on any atom is -0.467 e. The molecule has 0 radical (unpaired) electrons. The largest absolute Gasteiger partial charge is 0.467 e. The summed E-state index contributed by atoms with van der Waals surface area (Å²) in [5, 5.41) is 3.17. The number of hydrogen-bond donors (Lipinski definition) is 1. The third kappa shape index (κ3) is 1.89. The Morgan fingerprint density at radius 3 is 3.06 bits per heavy atom. The molecule has 2 rings (SSSR count). The Morgan fingerprint density at radius 1 is 1.61 bits per heavy atom. The fourth-order valence-corrected chi connectivity index (χ4v) is 2.61. The van der Waals surface area contributed by atoms with Crippen LogP contribution in [0.15, 0.2) is 18.2 Å². The molecule has 1 aromatic carbocycles. The van der Waals surface area contributed by atoms with E-state index >= 15 is 0 Å². The van der Waals surface area contributed by atoms with Crippen LogP contribution in [0.3, 0.4) is 0 Å². The van der Waals surface area contributed by atoms with Gasteiger partial charge in [0, 0.05) is 0 Å². The molecule has 1 aromatic rings. The van der Waals surface area contributed by atoms with E-state index in [4.69, 9.17) is 11.2 Å². The van der Waals surface area contributed by atoms with Gasteiger partial charge in [-0.15, -0.1) is 6.42 Å². The van der Waals surface area contributed by atoms with Crippen LogP contribution >= 0.6 is 0 Å². The highest BCUT2D eigenvalue weighted by molar-refractivity contribution is 5.84. The van der Waals surface area contributed by atoms with Gasteiger partial charge in [-0.3, -0.25) is 5.32 Å². The molecule has 1 N–H and O–H groups in total. The Morgan fingerprint density at radius 2 is 2.39 bits per heavy atom. The SMILES string of the molecule is C#CCNC1(C(=O)OC)CCc2ccc(C)cc21. The molecule has 1 aliphatic carbocycles. The average Bonchev–Trinajstić information content (AvgIpc) is 2.75. The lowest BCUT2D eigenvalue weighted by Gasteiger charge is -2.28. The van der Waals surface area contributed by atoms with Gasteiger partial charge in [-0.1, -0.05) is 29.7 Å². The number of esters is 1. The molecule has 1 aliphatic rings. The van der Waals surface area contributed by atoms with Crippen molar-refractivity contribution < 1.29 is 9.53 Å². The number of methoxy groups -OCH3 is 1. The number of carbonyl (C=O) groups excluding carboxylic acids is 1. The lowest BCUT2D eigenvalue weighted by atomic mass is 9.90. The van der Waals surface area contributed by atoms with Crippen LogP contribution in [0, 0.1) is 19.3 Å². The quantitative estimate of drug-likeness (QED) is 0.646. The van der Waals surface area contributed by atoms with Gasteiger partial charge in [-0.05, 0) is 30.9 Å². The van der Waals surface area contributed by atoms with Gasteiger partial charge >= 0.3 is 5.97 Å². The number of benzene rings is 1. The van der Waals surface area contributed by atoms with Gasteiger partial charge < -0.3 is 4.74 Å². The third-order valence-electron chi connectivity index (χ3n) is 3.52. The molecule has 0 bridgehead atoms. The highest BCUT2D eigenvalue weighted by atomic mass is 16.5. The van der Waals surface area contributed by atoms with Gasteiger partial charge in [0.15, 0.2) is 0 Å². The van der Waals surface area contributed by atoms with Crippen LogP contribution in [0.2, 0.25) is 0 Å². The van der Waals surface area contributed by atoms with Crippen molar-refractivity contribution in [3.05, 3.63) is 34.9 Å². The molecule has 18 heavy (non-hydrogen) atoms. The lowest BCUT2D eigenvalue weighted by Crippen LogP contribution is -2.48. The summed E-state index contributed by atoms with van der Waals surface area (Å²) in [6.45, 7) is 2.37. The van der Waals surface area contributed by atoms with Crippen LogP contribution in [0.1, 0.15) is 23.1 Å². The van der Waals surface area contributed by atoms with Crippen LogP contribution < -0.4 is 5.32 Å². The number of carbonyl (C=O) groups is 1. The number of terminal acetylenes is 1. The van der Waals surface area contributed by atoms with Crippen molar-refractivity contribution in [3.8, 4) is 12.3 Å². The highest BCUT2D eigenvalue weighted by Crippen LogP contribution is 2.38. The van der Waals surface area contributed by atoms with Crippen LogP contribution in [0.25, 0.3) is 0 Å². The first-order valence-corrected chi connectivity index (χ1v) is 6.01. The molecule has 0 fully saturated rings. The summed E-state index contributed by atoms with van der Waals surface area (Å²) in [6.07, 6.45) is 6.85. The zero-order chi connectivity index (χ0) is 13.2. The first-order chi connectivity index (χ1) is 8.64. The van der Waals surface area contributed by atoms with E-state index in [1.165, 1.54) is 12.7 Å². The minimum atomic E-state index is -0.775. The number of ether oxygens (including phenoxy) is 1. The number of fused-ring (bicyclic) bond motifs is 1. The zero-order valence-electron chi connectivity index (χ0n) is 10.7. The summed E-state index contributed by atoms with van der Waals surface area (Å²) in [7, 11) is 1.41. The number of rotatable bonds is 3. The minimum absolute atomic E-state index is 0.262. The molecule has 1 atom stereocenters. The van der Waals surface area contributed by atoms with E-state index in [9.17, 15) is 4.79 Å². The summed E-state index contributed by atoms with van der Waals surface area (Å²) in [5.74, 6) is 2.26. The Bertz CT molecular complexity index is 516. The normalized spacial score (nSPS) is 21.2.